The number of anilines is 2. The molecule has 1 aromatic carbocycles. The molecule has 0 N–H and O–H groups in total. The topological polar surface area (TPSA) is 56.8 Å². The molecule has 5 rings (SSSR count). The lowest BCUT2D eigenvalue weighted by molar-refractivity contribution is 0.0740. The molecule has 32 heavy (non-hydrogen) atoms. The van der Waals surface area contributed by atoms with Crippen molar-refractivity contribution >= 4 is 23.3 Å². The zero-order valence-corrected chi connectivity index (χ0v) is 19.0. The predicted molar refractivity (Wildman–Crippen MR) is 125 cm³/mol. The van der Waals surface area contributed by atoms with Crippen molar-refractivity contribution in [2.75, 3.05) is 31.1 Å². The zero-order chi connectivity index (χ0) is 22.1. The highest BCUT2D eigenvalue weighted by atomic mass is 16.2. The molecule has 0 aliphatic carbocycles. The van der Waals surface area contributed by atoms with Crippen LogP contribution < -0.4 is 4.90 Å². The molecule has 3 aliphatic heterocycles. The van der Waals surface area contributed by atoms with Crippen LogP contribution in [0.15, 0.2) is 30.5 Å². The second-order valence-corrected chi connectivity index (χ2v) is 9.18. The number of nitrogens with zero attached hydrogens (tertiary/aromatic N) is 4. The lowest BCUT2D eigenvalue weighted by Gasteiger charge is -2.31. The summed E-state index contributed by atoms with van der Waals surface area (Å²) in [4.78, 5) is 36.5. The highest BCUT2D eigenvalue weighted by Gasteiger charge is 2.28. The van der Waals surface area contributed by atoms with Crippen LogP contribution >= 0.6 is 0 Å². The second kappa shape index (κ2) is 8.93. The van der Waals surface area contributed by atoms with Crippen LogP contribution in [-0.4, -0.2) is 52.8 Å². The van der Waals surface area contributed by atoms with E-state index in [9.17, 15) is 9.59 Å². The van der Waals surface area contributed by atoms with Crippen molar-refractivity contribution in [1.82, 2.24) is 14.8 Å². The van der Waals surface area contributed by atoms with Crippen LogP contribution in [0.3, 0.4) is 0 Å². The van der Waals surface area contributed by atoms with Crippen LogP contribution in [0.1, 0.15) is 77.3 Å². The molecule has 4 heterocycles. The van der Waals surface area contributed by atoms with Gasteiger partial charge in [0.05, 0.1) is 5.56 Å². The van der Waals surface area contributed by atoms with Crippen LogP contribution in [0.2, 0.25) is 0 Å². The van der Waals surface area contributed by atoms with Crippen molar-refractivity contribution < 1.29 is 9.59 Å². The van der Waals surface area contributed by atoms with E-state index in [1.54, 1.807) is 6.20 Å². The van der Waals surface area contributed by atoms with E-state index in [2.05, 4.69) is 17.0 Å². The van der Waals surface area contributed by atoms with Gasteiger partial charge in [-0.15, -0.1) is 0 Å². The minimum atomic E-state index is 0.120. The minimum Gasteiger partial charge on any atom is -0.339 e. The third-order valence-corrected chi connectivity index (χ3v) is 7.08. The van der Waals surface area contributed by atoms with Gasteiger partial charge in [0.2, 0.25) is 0 Å². The number of benzene rings is 1. The van der Waals surface area contributed by atoms with Gasteiger partial charge >= 0.3 is 0 Å². The van der Waals surface area contributed by atoms with Gasteiger partial charge in [-0.25, -0.2) is 4.98 Å². The maximum atomic E-state index is 13.2. The van der Waals surface area contributed by atoms with E-state index in [0.717, 1.165) is 80.1 Å². The number of amides is 2. The van der Waals surface area contributed by atoms with Gasteiger partial charge in [0.25, 0.3) is 11.8 Å². The van der Waals surface area contributed by atoms with E-state index in [1.807, 2.05) is 28.9 Å². The monoisotopic (exact) mass is 432 g/mol. The Kier molecular flexibility index (Phi) is 5.85. The molecule has 6 nitrogen and oxygen atoms in total. The Morgan fingerprint density at radius 3 is 2.53 bits per heavy atom. The predicted octanol–water partition coefficient (Wildman–Crippen LogP) is 4.55. The highest BCUT2D eigenvalue weighted by Crippen LogP contribution is 2.35. The Morgan fingerprint density at radius 1 is 0.969 bits per heavy atom. The summed E-state index contributed by atoms with van der Waals surface area (Å²) in [5, 5.41) is 0. The van der Waals surface area contributed by atoms with Gasteiger partial charge < -0.3 is 14.7 Å². The van der Waals surface area contributed by atoms with Gasteiger partial charge in [0.15, 0.2) is 0 Å². The lowest BCUT2D eigenvalue weighted by atomic mass is 10.0. The molecular formula is C26H32N4O2. The summed E-state index contributed by atoms with van der Waals surface area (Å²) < 4.78 is 0. The number of hydrogen-bond donors (Lipinski definition) is 0. The molecule has 168 valence electrons. The Morgan fingerprint density at radius 2 is 1.75 bits per heavy atom. The SMILES string of the molecule is CCN1Cc2cc(N3CCCc4cc(C(=O)N5CCCCCCC5)cnc43)ccc2C1=O. The molecule has 0 saturated carbocycles. The number of hydrogen-bond acceptors (Lipinski definition) is 4. The second-order valence-electron chi connectivity index (χ2n) is 9.18. The third kappa shape index (κ3) is 3.87. The first-order chi connectivity index (χ1) is 15.7. The fraction of sp³-hybridized carbons (Fsp3) is 0.500. The minimum absolute atomic E-state index is 0.120. The Labute approximate surface area is 190 Å². The van der Waals surface area contributed by atoms with E-state index in [0.29, 0.717) is 12.1 Å². The molecule has 1 aromatic heterocycles. The molecule has 2 aromatic rings. The third-order valence-electron chi connectivity index (χ3n) is 7.08. The summed E-state index contributed by atoms with van der Waals surface area (Å²) in [7, 11) is 0. The fourth-order valence-electron chi connectivity index (χ4n) is 5.26. The molecule has 0 bridgehead atoms. The summed E-state index contributed by atoms with van der Waals surface area (Å²) in [5.74, 6) is 1.19. The van der Waals surface area contributed by atoms with Crippen molar-refractivity contribution in [3.05, 3.63) is 52.7 Å². The van der Waals surface area contributed by atoms with Crippen molar-refractivity contribution in [3.63, 3.8) is 0 Å². The van der Waals surface area contributed by atoms with Gasteiger partial charge in [-0.05, 0) is 68.0 Å². The number of rotatable bonds is 3. The van der Waals surface area contributed by atoms with Gasteiger partial charge in [0, 0.05) is 50.2 Å². The van der Waals surface area contributed by atoms with E-state index in [4.69, 9.17) is 4.98 Å². The fourth-order valence-corrected chi connectivity index (χ4v) is 5.26. The zero-order valence-electron chi connectivity index (χ0n) is 19.0. The molecule has 6 heteroatoms. The summed E-state index contributed by atoms with van der Waals surface area (Å²) in [6, 6.07) is 8.19. The molecule has 3 aliphatic rings. The molecule has 1 fully saturated rings. The number of pyridine rings is 1. The Hall–Kier alpha value is -2.89. The first kappa shape index (κ1) is 21.0. The Balaban J connectivity index is 1.39. The van der Waals surface area contributed by atoms with Crippen LogP contribution in [0.4, 0.5) is 11.5 Å². The Bertz CT molecular complexity index is 1030. The molecule has 2 amide bonds. The summed E-state index contributed by atoms with van der Waals surface area (Å²) in [6.07, 6.45) is 9.61. The largest absolute Gasteiger partial charge is 0.339 e. The maximum Gasteiger partial charge on any atom is 0.255 e. The van der Waals surface area contributed by atoms with E-state index < -0.39 is 0 Å². The molecular weight excluding hydrogens is 400 g/mol. The lowest BCUT2D eigenvalue weighted by Crippen LogP contribution is -2.34. The molecule has 0 radical (unpaired) electrons. The smallest absolute Gasteiger partial charge is 0.255 e. The van der Waals surface area contributed by atoms with Crippen LogP contribution in [-0.2, 0) is 13.0 Å². The molecule has 1 saturated heterocycles. The van der Waals surface area contributed by atoms with Gasteiger partial charge in [-0.3, -0.25) is 9.59 Å². The first-order valence-corrected chi connectivity index (χ1v) is 12.1. The van der Waals surface area contributed by atoms with Crippen LogP contribution in [0.5, 0.6) is 0 Å². The standard InChI is InChI=1S/C26H32N4O2/c1-2-28-18-21-16-22(10-11-23(21)26(28)32)30-14-8-9-19-15-20(17-27-24(19)30)25(31)29-12-6-4-3-5-7-13-29/h10-11,15-17H,2-9,12-14,18H2,1H3. The maximum absolute atomic E-state index is 13.2. The van der Waals surface area contributed by atoms with Gasteiger partial charge in [0.1, 0.15) is 5.82 Å². The highest BCUT2D eigenvalue weighted by molar-refractivity contribution is 5.99. The molecule has 0 unspecified atom stereocenters. The van der Waals surface area contributed by atoms with Gasteiger partial charge in [-0.2, -0.15) is 0 Å². The summed E-state index contributed by atoms with van der Waals surface area (Å²) >= 11 is 0. The van der Waals surface area contributed by atoms with Crippen molar-refractivity contribution in [2.45, 2.75) is 58.4 Å². The molecule has 0 spiro atoms. The summed E-state index contributed by atoms with van der Waals surface area (Å²) in [5.41, 5.74) is 4.83. The first-order valence-electron chi connectivity index (χ1n) is 12.1. The van der Waals surface area contributed by atoms with Gasteiger partial charge in [-0.1, -0.05) is 19.3 Å². The number of carbonyl (C=O) groups is 2. The van der Waals surface area contributed by atoms with E-state index in [1.165, 1.54) is 19.3 Å². The van der Waals surface area contributed by atoms with Crippen molar-refractivity contribution in [3.8, 4) is 0 Å². The number of aromatic nitrogens is 1. The van der Waals surface area contributed by atoms with Crippen molar-refractivity contribution in [1.29, 1.82) is 0 Å². The number of likely N-dealkylation sites (tertiary alicyclic amines) is 1. The van der Waals surface area contributed by atoms with E-state index >= 15 is 0 Å². The van der Waals surface area contributed by atoms with Crippen molar-refractivity contribution in [2.24, 2.45) is 0 Å². The number of fused-ring (bicyclic) bond motifs is 2. The average molecular weight is 433 g/mol. The van der Waals surface area contributed by atoms with Crippen LogP contribution in [0, 0.1) is 0 Å². The summed E-state index contributed by atoms with van der Waals surface area (Å²) in [6.45, 7) is 6.02. The number of carbonyl (C=O) groups excluding carboxylic acids is 2. The van der Waals surface area contributed by atoms with Crippen LogP contribution in [0.25, 0.3) is 0 Å². The normalized spacial score (nSPS) is 18.8. The quantitative estimate of drug-likeness (QED) is 0.714. The molecule has 0 atom stereocenters. The average Bonchev–Trinajstić information content (AvgIpc) is 3.12. The van der Waals surface area contributed by atoms with E-state index in [-0.39, 0.29) is 11.8 Å². The number of aryl methyl sites for hydroxylation is 1.